The highest BCUT2D eigenvalue weighted by atomic mass is 14.9. The normalized spacial score (nSPS) is 17.7. The Bertz CT molecular complexity index is 315. The number of rotatable bonds is 5. The van der Waals surface area contributed by atoms with E-state index in [9.17, 15) is 0 Å². The first kappa shape index (κ1) is 10.7. The molecule has 1 nitrogen and oxygen atoms in total. The molecule has 15 heavy (non-hydrogen) atoms. The van der Waals surface area contributed by atoms with Gasteiger partial charge in [0.2, 0.25) is 0 Å². The summed E-state index contributed by atoms with van der Waals surface area (Å²) in [5.41, 5.74) is 2.83. The molecule has 0 saturated heterocycles. The van der Waals surface area contributed by atoms with Crippen molar-refractivity contribution in [3.8, 4) is 0 Å². The van der Waals surface area contributed by atoms with Crippen molar-refractivity contribution in [1.29, 1.82) is 0 Å². The fourth-order valence-electron chi connectivity index (χ4n) is 2.16. The third-order valence-corrected chi connectivity index (χ3v) is 3.16. The summed E-state index contributed by atoms with van der Waals surface area (Å²) in [5, 5.41) is 3.60. The van der Waals surface area contributed by atoms with Gasteiger partial charge in [-0.2, -0.15) is 0 Å². The molecule has 1 atom stereocenters. The van der Waals surface area contributed by atoms with Crippen LogP contribution in [0.15, 0.2) is 24.3 Å². The van der Waals surface area contributed by atoms with Crippen molar-refractivity contribution in [3.63, 3.8) is 0 Å². The smallest absolute Gasteiger partial charge is 0.0322 e. The van der Waals surface area contributed by atoms with Crippen LogP contribution >= 0.6 is 0 Å². The Hall–Kier alpha value is -0.820. The van der Waals surface area contributed by atoms with E-state index in [2.05, 4.69) is 43.4 Å². The van der Waals surface area contributed by atoms with Gasteiger partial charge >= 0.3 is 0 Å². The Balaban J connectivity index is 2.07. The van der Waals surface area contributed by atoms with Crippen LogP contribution in [0.1, 0.15) is 43.4 Å². The zero-order valence-electron chi connectivity index (χ0n) is 9.79. The highest BCUT2D eigenvalue weighted by Gasteiger charge is 2.25. The van der Waals surface area contributed by atoms with Gasteiger partial charge in [0.25, 0.3) is 0 Å². The fourth-order valence-corrected chi connectivity index (χ4v) is 2.16. The van der Waals surface area contributed by atoms with Crippen molar-refractivity contribution < 1.29 is 0 Å². The van der Waals surface area contributed by atoms with E-state index in [1.165, 1.54) is 30.4 Å². The minimum atomic E-state index is 0.572. The first-order valence-electron chi connectivity index (χ1n) is 6.09. The van der Waals surface area contributed by atoms with Gasteiger partial charge in [0, 0.05) is 6.04 Å². The second-order valence-electron chi connectivity index (χ2n) is 4.70. The lowest BCUT2D eigenvalue weighted by molar-refractivity contribution is 0.486. The van der Waals surface area contributed by atoms with Crippen LogP contribution in [0, 0.1) is 12.8 Å². The van der Waals surface area contributed by atoms with E-state index in [-0.39, 0.29) is 0 Å². The van der Waals surface area contributed by atoms with Crippen molar-refractivity contribution in [3.05, 3.63) is 35.4 Å². The first-order chi connectivity index (χ1) is 7.29. The standard InChI is InChI=1S/C14H21N/c1-3-15-14(10-12-7-8-12)13-6-4-5-11(2)9-13/h4-6,9,12,14-15H,3,7-8,10H2,1-2H3. The predicted octanol–water partition coefficient (Wildman–Crippen LogP) is 3.45. The summed E-state index contributed by atoms with van der Waals surface area (Å²) in [6, 6.07) is 9.48. The summed E-state index contributed by atoms with van der Waals surface area (Å²) < 4.78 is 0. The maximum absolute atomic E-state index is 3.60. The minimum Gasteiger partial charge on any atom is -0.310 e. The van der Waals surface area contributed by atoms with Crippen LogP contribution in [0.4, 0.5) is 0 Å². The first-order valence-corrected chi connectivity index (χ1v) is 6.09. The van der Waals surface area contributed by atoms with Gasteiger partial charge in [0.15, 0.2) is 0 Å². The molecule has 82 valence electrons. The summed E-state index contributed by atoms with van der Waals surface area (Å²) >= 11 is 0. The van der Waals surface area contributed by atoms with Crippen molar-refractivity contribution in [1.82, 2.24) is 5.32 Å². The third kappa shape index (κ3) is 3.07. The zero-order valence-corrected chi connectivity index (χ0v) is 9.79. The monoisotopic (exact) mass is 203 g/mol. The Labute approximate surface area is 92.9 Å². The van der Waals surface area contributed by atoms with Crippen LogP contribution in [0.25, 0.3) is 0 Å². The third-order valence-electron chi connectivity index (χ3n) is 3.16. The molecule has 0 spiro atoms. The van der Waals surface area contributed by atoms with Gasteiger partial charge in [0.1, 0.15) is 0 Å². The molecule has 0 radical (unpaired) electrons. The van der Waals surface area contributed by atoms with Crippen LogP contribution < -0.4 is 5.32 Å². The quantitative estimate of drug-likeness (QED) is 0.773. The molecule has 1 heteroatoms. The Kier molecular flexibility index (Phi) is 3.42. The molecule has 0 aliphatic heterocycles. The number of hydrogen-bond acceptors (Lipinski definition) is 1. The molecule has 0 heterocycles. The van der Waals surface area contributed by atoms with Crippen molar-refractivity contribution in [2.45, 2.75) is 39.2 Å². The molecule has 0 bridgehead atoms. The fraction of sp³-hybridized carbons (Fsp3) is 0.571. The second kappa shape index (κ2) is 4.80. The van der Waals surface area contributed by atoms with E-state index < -0.39 is 0 Å². The van der Waals surface area contributed by atoms with Crippen LogP contribution in [0.2, 0.25) is 0 Å². The van der Waals surface area contributed by atoms with Crippen LogP contribution in [-0.4, -0.2) is 6.54 Å². The van der Waals surface area contributed by atoms with Gasteiger partial charge in [-0.05, 0) is 31.4 Å². The van der Waals surface area contributed by atoms with Gasteiger partial charge in [-0.1, -0.05) is 49.6 Å². The molecule has 1 aliphatic rings. The summed E-state index contributed by atoms with van der Waals surface area (Å²) in [7, 11) is 0. The Morgan fingerprint density at radius 1 is 1.40 bits per heavy atom. The summed E-state index contributed by atoms with van der Waals surface area (Å²) in [6.07, 6.45) is 4.19. The Morgan fingerprint density at radius 3 is 2.80 bits per heavy atom. The number of benzene rings is 1. The number of hydrogen-bond donors (Lipinski definition) is 1. The van der Waals surface area contributed by atoms with Gasteiger partial charge in [0.05, 0.1) is 0 Å². The van der Waals surface area contributed by atoms with E-state index in [1.807, 2.05) is 0 Å². The molecule has 0 amide bonds. The molecule has 1 fully saturated rings. The highest BCUT2D eigenvalue weighted by Crippen LogP contribution is 2.37. The maximum Gasteiger partial charge on any atom is 0.0322 e. The van der Waals surface area contributed by atoms with Gasteiger partial charge in [-0.15, -0.1) is 0 Å². The molecule has 1 N–H and O–H groups in total. The largest absolute Gasteiger partial charge is 0.310 e. The molecular weight excluding hydrogens is 182 g/mol. The van der Waals surface area contributed by atoms with Crippen LogP contribution in [-0.2, 0) is 0 Å². The van der Waals surface area contributed by atoms with E-state index in [0.29, 0.717) is 6.04 Å². The molecule has 1 aliphatic carbocycles. The molecule has 1 aromatic carbocycles. The summed E-state index contributed by atoms with van der Waals surface area (Å²) in [5.74, 6) is 0.981. The molecule has 1 unspecified atom stereocenters. The molecule has 0 aromatic heterocycles. The summed E-state index contributed by atoms with van der Waals surface area (Å²) in [4.78, 5) is 0. The lowest BCUT2D eigenvalue weighted by Crippen LogP contribution is -2.21. The minimum absolute atomic E-state index is 0.572. The van der Waals surface area contributed by atoms with Crippen molar-refractivity contribution in [2.24, 2.45) is 5.92 Å². The average Bonchev–Trinajstić information content (AvgIpc) is 3.01. The second-order valence-corrected chi connectivity index (χ2v) is 4.70. The van der Waals surface area contributed by atoms with Crippen LogP contribution in [0.5, 0.6) is 0 Å². The summed E-state index contributed by atoms with van der Waals surface area (Å²) in [6.45, 7) is 5.42. The van der Waals surface area contributed by atoms with Gasteiger partial charge in [-0.3, -0.25) is 0 Å². The van der Waals surface area contributed by atoms with Crippen molar-refractivity contribution in [2.75, 3.05) is 6.54 Å². The molecule has 2 rings (SSSR count). The SMILES string of the molecule is CCNC(CC1CC1)c1cccc(C)c1. The van der Waals surface area contributed by atoms with Crippen LogP contribution in [0.3, 0.4) is 0 Å². The van der Waals surface area contributed by atoms with E-state index in [1.54, 1.807) is 0 Å². The van der Waals surface area contributed by atoms with E-state index in [4.69, 9.17) is 0 Å². The van der Waals surface area contributed by atoms with Gasteiger partial charge in [-0.25, -0.2) is 0 Å². The molecule has 1 saturated carbocycles. The molecular formula is C14H21N. The van der Waals surface area contributed by atoms with Crippen molar-refractivity contribution >= 4 is 0 Å². The average molecular weight is 203 g/mol. The lowest BCUT2D eigenvalue weighted by Gasteiger charge is -2.18. The maximum atomic E-state index is 3.60. The molecule has 1 aromatic rings. The van der Waals surface area contributed by atoms with E-state index in [0.717, 1.165) is 12.5 Å². The highest BCUT2D eigenvalue weighted by molar-refractivity contribution is 5.25. The topological polar surface area (TPSA) is 12.0 Å². The van der Waals surface area contributed by atoms with Gasteiger partial charge < -0.3 is 5.32 Å². The lowest BCUT2D eigenvalue weighted by atomic mass is 9.99. The predicted molar refractivity (Wildman–Crippen MR) is 64.9 cm³/mol. The number of nitrogens with one attached hydrogen (secondary N) is 1. The van der Waals surface area contributed by atoms with E-state index >= 15 is 0 Å². The Morgan fingerprint density at radius 2 is 2.20 bits per heavy atom. The number of aryl methyl sites for hydroxylation is 1. The zero-order chi connectivity index (χ0) is 10.7.